The van der Waals surface area contributed by atoms with Crippen LogP contribution in [0.5, 0.6) is 0 Å². The minimum atomic E-state index is -1.31. The van der Waals surface area contributed by atoms with Gasteiger partial charge in [0.15, 0.2) is 5.65 Å². The van der Waals surface area contributed by atoms with Gasteiger partial charge in [0.1, 0.15) is 36.8 Å². The molecule has 1 aromatic carbocycles. The number of ether oxygens (including phenoxy) is 2. The van der Waals surface area contributed by atoms with Crippen LogP contribution in [0.15, 0.2) is 43.0 Å². The predicted octanol–water partition coefficient (Wildman–Crippen LogP) is 0.389. The van der Waals surface area contributed by atoms with E-state index in [4.69, 9.17) is 9.47 Å². The molecule has 1 aliphatic rings. The molecule has 1 amide bonds. The van der Waals surface area contributed by atoms with Crippen molar-refractivity contribution in [3.05, 3.63) is 54.2 Å². The fraction of sp³-hybridized carbons (Fsp3) is 0.381. The maximum absolute atomic E-state index is 12.1. The molecule has 0 aliphatic carbocycles. The molecule has 12 nitrogen and oxygen atoms in total. The van der Waals surface area contributed by atoms with Crippen molar-refractivity contribution in [2.24, 2.45) is 0 Å². The van der Waals surface area contributed by atoms with Crippen molar-refractivity contribution in [3.8, 4) is 0 Å². The Balaban J connectivity index is 1.46. The van der Waals surface area contributed by atoms with E-state index < -0.39 is 36.5 Å². The molecule has 4 atom stereocenters. The van der Waals surface area contributed by atoms with E-state index in [0.29, 0.717) is 16.9 Å². The van der Waals surface area contributed by atoms with Gasteiger partial charge in [-0.05, 0) is 5.56 Å². The molecule has 4 N–H and O–H groups in total. The van der Waals surface area contributed by atoms with Crippen molar-refractivity contribution in [1.82, 2.24) is 24.8 Å². The van der Waals surface area contributed by atoms with Crippen LogP contribution in [0.1, 0.15) is 23.9 Å². The Labute approximate surface area is 187 Å². The number of carboxylic acid groups (broad SMARTS) is 1. The number of rotatable bonds is 8. The van der Waals surface area contributed by atoms with Crippen LogP contribution in [0.2, 0.25) is 0 Å². The van der Waals surface area contributed by atoms with Crippen molar-refractivity contribution in [3.63, 3.8) is 0 Å². The summed E-state index contributed by atoms with van der Waals surface area (Å²) in [6.07, 6.45) is -0.203. The Morgan fingerprint density at radius 2 is 2.03 bits per heavy atom. The molecule has 3 aromatic rings. The van der Waals surface area contributed by atoms with Crippen molar-refractivity contribution in [2.45, 2.75) is 43.9 Å². The molecule has 0 spiro atoms. The molecule has 0 saturated carbocycles. The maximum Gasteiger partial charge on any atom is 0.408 e. The Kier molecular flexibility index (Phi) is 6.77. The molecule has 0 bridgehead atoms. The Morgan fingerprint density at radius 3 is 2.73 bits per heavy atom. The van der Waals surface area contributed by atoms with Crippen LogP contribution in [0.4, 0.5) is 4.79 Å². The topological polar surface area (TPSA) is 169 Å². The van der Waals surface area contributed by atoms with Gasteiger partial charge in [-0.2, -0.15) is 0 Å². The lowest BCUT2D eigenvalue weighted by Gasteiger charge is -2.15. The van der Waals surface area contributed by atoms with Gasteiger partial charge < -0.3 is 30.1 Å². The third-order valence-electron chi connectivity index (χ3n) is 5.33. The molecule has 0 radical (unpaired) electrons. The van der Waals surface area contributed by atoms with Crippen LogP contribution in [0.3, 0.4) is 0 Å². The van der Waals surface area contributed by atoms with E-state index >= 15 is 0 Å². The van der Waals surface area contributed by atoms with Gasteiger partial charge in [-0.25, -0.2) is 24.5 Å². The number of aliphatic carboxylic acids is 1. The van der Waals surface area contributed by atoms with E-state index in [-0.39, 0.29) is 26.1 Å². The molecular weight excluding hydrogens is 434 g/mol. The molecule has 3 heterocycles. The third kappa shape index (κ3) is 5.08. The first-order valence-electron chi connectivity index (χ1n) is 10.3. The monoisotopic (exact) mass is 457 g/mol. The summed E-state index contributed by atoms with van der Waals surface area (Å²) in [5, 5.41) is 31.2. The number of imidazole rings is 1. The zero-order valence-electron chi connectivity index (χ0n) is 17.4. The average molecular weight is 457 g/mol. The zero-order valence-corrected chi connectivity index (χ0v) is 17.4. The minimum Gasteiger partial charge on any atom is -0.480 e. The normalized spacial score (nSPS) is 21.1. The van der Waals surface area contributed by atoms with Gasteiger partial charge in [0.05, 0.1) is 24.7 Å². The van der Waals surface area contributed by atoms with E-state index in [9.17, 15) is 24.9 Å². The number of alkyl carbamates (subject to hydrolysis) is 1. The van der Waals surface area contributed by atoms with Crippen LogP contribution < -0.4 is 5.32 Å². The number of nitrogens with one attached hydrogen (secondary N) is 1. The number of nitrogens with zero attached hydrogens (tertiary/aromatic N) is 4. The first-order valence-corrected chi connectivity index (χ1v) is 10.3. The van der Waals surface area contributed by atoms with Crippen molar-refractivity contribution < 1.29 is 34.4 Å². The third-order valence-corrected chi connectivity index (χ3v) is 5.33. The van der Waals surface area contributed by atoms with Crippen LogP contribution >= 0.6 is 0 Å². The minimum absolute atomic E-state index is 0.00322. The average Bonchev–Trinajstić information content (AvgIpc) is 3.41. The number of carbonyl (C=O) groups excluding carboxylic acids is 1. The van der Waals surface area contributed by atoms with E-state index in [1.54, 1.807) is 28.8 Å². The maximum atomic E-state index is 12.1. The summed E-state index contributed by atoms with van der Waals surface area (Å²) >= 11 is 0. The number of aliphatic hydroxyl groups excluding tert-OH is 2. The van der Waals surface area contributed by atoms with E-state index in [0.717, 1.165) is 5.56 Å². The lowest BCUT2D eigenvalue weighted by molar-refractivity contribution is -0.139. The highest BCUT2D eigenvalue weighted by molar-refractivity contribution is 5.81. The fourth-order valence-corrected chi connectivity index (χ4v) is 3.61. The standard InChI is InChI=1S/C21H23N5O7/c27-8-16-15(28)7-17(33-16)26-11-24-18-13(22-10-23-19(18)26)6-14(20(29)30)25-21(31)32-9-12-4-2-1-3-5-12/h1-5,10-11,14-17,27-28H,6-9H2,(H,25,31)(H,29,30)/t14-,15-,16+,17+/m0/s1. The second-order valence-corrected chi connectivity index (χ2v) is 7.56. The SMILES string of the molecule is O=C(N[C@@H](Cc1ncnc2c1ncn2[C@H]1C[C@H](O)[C@@H](CO)O1)C(=O)O)OCc1ccccc1. The second kappa shape index (κ2) is 9.90. The van der Waals surface area contributed by atoms with Gasteiger partial charge in [-0.1, -0.05) is 30.3 Å². The summed E-state index contributed by atoms with van der Waals surface area (Å²) in [4.78, 5) is 36.5. The zero-order chi connectivity index (χ0) is 23.4. The number of hydrogen-bond donors (Lipinski definition) is 4. The molecule has 1 aliphatic heterocycles. The smallest absolute Gasteiger partial charge is 0.408 e. The van der Waals surface area contributed by atoms with Crippen molar-refractivity contribution >= 4 is 23.2 Å². The van der Waals surface area contributed by atoms with Gasteiger partial charge in [0, 0.05) is 12.8 Å². The number of aliphatic hydroxyl groups is 2. The highest BCUT2D eigenvalue weighted by atomic mass is 16.6. The second-order valence-electron chi connectivity index (χ2n) is 7.56. The van der Waals surface area contributed by atoms with E-state index in [1.165, 1.54) is 12.7 Å². The van der Waals surface area contributed by atoms with Crippen molar-refractivity contribution in [2.75, 3.05) is 6.61 Å². The first-order chi connectivity index (χ1) is 16.0. The summed E-state index contributed by atoms with van der Waals surface area (Å²) in [5.41, 5.74) is 1.80. The van der Waals surface area contributed by atoms with Crippen molar-refractivity contribution in [1.29, 1.82) is 0 Å². The fourth-order valence-electron chi connectivity index (χ4n) is 3.61. The summed E-state index contributed by atoms with van der Waals surface area (Å²) in [7, 11) is 0. The highest BCUT2D eigenvalue weighted by Gasteiger charge is 2.35. The van der Waals surface area contributed by atoms with Crippen LogP contribution in [-0.2, 0) is 27.3 Å². The molecule has 1 saturated heterocycles. The number of benzene rings is 1. The van der Waals surface area contributed by atoms with Gasteiger partial charge in [0.2, 0.25) is 0 Å². The van der Waals surface area contributed by atoms with Crippen LogP contribution in [-0.4, -0.2) is 71.8 Å². The number of carboxylic acids is 1. The molecule has 0 unspecified atom stereocenters. The number of aromatic nitrogens is 4. The quantitative estimate of drug-likeness (QED) is 0.371. The molecule has 12 heteroatoms. The Hall–Kier alpha value is -3.61. The summed E-state index contributed by atoms with van der Waals surface area (Å²) < 4.78 is 12.3. The van der Waals surface area contributed by atoms with Gasteiger partial charge in [0.25, 0.3) is 0 Å². The van der Waals surface area contributed by atoms with Gasteiger partial charge in [-0.3, -0.25) is 4.57 Å². The highest BCUT2D eigenvalue weighted by Crippen LogP contribution is 2.31. The molecule has 174 valence electrons. The summed E-state index contributed by atoms with van der Waals surface area (Å²) in [5.74, 6) is -1.26. The Bertz CT molecular complexity index is 1120. The number of hydrogen-bond acceptors (Lipinski definition) is 9. The molecule has 33 heavy (non-hydrogen) atoms. The van der Waals surface area contributed by atoms with Crippen LogP contribution in [0.25, 0.3) is 11.2 Å². The largest absolute Gasteiger partial charge is 0.480 e. The predicted molar refractivity (Wildman–Crippen MR) is 112 cm³/mol. The molecular formula is C21H23N5O7. The number of carbonyl (C=O) groups is 2. The number of fused-ring (bicyclic) bond motifs is 1. The van der Waals surface area contributed by atoms with E-state index in [1.807, 2.05) is 6.07 Å². The lowest BCUT2D eigenvalue weighted by atomic mass is 10.1. The summed E-state index contributed by atoms with van der Waals surface area (Å²) in [6, 6.07) is 7.70. The first kappa shape index (κ1) is 22.6. The van der Waals surface area contributed by atoms with Gasteiger partial charge in [-0.15, -0.1) is 0 Å². The molecule has 4 rings (SSSR count). The van der Waals surface area contributed by atoms with Gasteiger partial charge >= 0.3 is 12.1 Å². The van der Waals surface area contributed by atoms with E-state index in [2.05, 4.69) is 20.3 Å². The summed E-state index contributed by atoms with van der Waals surface area (Å²) in [6.45, 7) is -0.319. The van der Waals surface area contributed by atoms with Crippen LogP contribution in [0, 0.1) is 0 Å². The number of amides is 1. The Morgan fingerprint density at radius 1 is 1.24 bits per heavy atom. The molecule has 2 aromatic heterocycles. The lowest BCUT2D eigenvalue weighted by Crippen LogP contribution is -2.42. The molecule has 1 fully saturated rings.